The third-order valence-corrected chi connectivity index (χ3v) is 8.02. The number of rotatable bonds is 9. The lowest BCUT2D eigenvalue weighted by atomic mass is 10.2. The summed E-state index contributed by atoms with van der Waals surface area (Å²) in [5.41, 5.74) is -1.59. The summed E-state index contributed by atoms with van der Waals surface area (Å²) in [7, 11) is -3.05. The number of alkyl halides is 3. The molecular formula is C28H21Cl2F3N2O5S. The van der Waals surface area contributed by atoms with E-state index in [0.29, 0.717) is 21.9 Å². The maximum absolute atomic E-state index is 13.6. The van der Waals surface area contributed by atoms with Gasteiger partial charge in [-0.3, -0.25) is 9.10 Å². The van der Waals surface area contributed by atoms with Gasteiger partial charge in [-0.2, -0.15) is 13.2 Å². The number of nitrogens with zero attached hydrogens (tertiary/aromatic N) is 1. The van der Waals surface area contributed by atoms with Crippen molar-refractivity contribution in [2.45, 2.75) is 11.1 Å². The normalized spacial score (nSPS) is 11.6. The molecule has 0 radical (unpaired) electrons. The highest BCUT2D eigenvalue weighted by Crippen LogP contribution is 2.39. The standard InChI is InChI=1S/C28H21Cl2F3N2O5S/c1-39-25-9-5-6-10-26(25)40-24-14-11-18(29)15-23(24)34-27(36)17-35(41(37,38)20-7-3-2-4-8-20)19-12-13-22(30)21(16-19)28(31,32)33/h2-16H,17H2,1H3,(H,34,36). The fraction of sp³-hybridized carbons (Fsp3) is 0.107. The molecule has 41 heavy (non-hydrogen) atoms. The first-order valence-corrected chi connectivity index (χ1v) is 13.9. The summed E-state index contributed by atoms with van der Waals surface area (Å²) in [4.78, 5) is 13.0. The number of nitrogens with one attached hydrogen (secondary N) is 1. The first-order valence-electron chi connectivity index (χ1n) is 11.7. The summed E-state index contributed by atoms with van der Waals surface area (Å²) < 4.78 is 79.7. The second kappa shape index (κ2) is 12.3. The molecule has 4 aromatic carbocycles. The molecule has 0 aromatic heterocycles. The molecule has 1 N–H and O–H groups in total. The Morgan fingerprint density at radius 1 is 0.878 bits per heavy atom. The number of hydrogen-bond donors (Lipinski definition) is 1. The first-order chi connectivity index (χ1) is 19.4. The number of ether oxygens (including phenoxy) is 2. The van der Waals surface area contributed by atoms with Crippen LogP contribution in [0.25, 0.3) is 0 Å². The molecule has 1 amide bonds. The van der Waals surface area contributed by atoms with E-state index in [1.54, 1.807) is 30.3 Å². The van der Waals surface area contributed by atoms with Crippen molar-refractivity contribution in [3.63, 3.8) is 0 Å². The Labute approximate surface area is 244 Å². The minimum absolute atomic E-state index is 0.0811. The topological polar surface area (TPSA) is 84.9 Å². The van der Waals surface area contributed by atoms with E-state index in [-0.39, 0.29) is 21.4 Å². The molecule has 0 spiro atoms. The van der Waals surface area contributed by atoms with E-state index in [4.69, 9.17) is 32.7 Å². The number of carbonyl (C=O) groups is 1. The van der Waals surface area contributed by atoms with Crippen molar-refractivity contribution in [3.8, 4) is 17.2 Å². The summed E-state index contributed by atoms with van der Waals surface area (Å²) >= 11 is 11.9. The molecule has 0 aliphatic heterocycles. The third kappa shape index (κ3) is 7.05. The molecule has 0 aliphatic rings. The Kier molecular flexibility index (Phi) is 9.01. The quantitative estimate of drug-likeness (QED) is 0.207. The van der Waals surface area contributed by atoms with E-state index in [0.717, 1.165) is 12.1 Å². The summed E-state index contributed by atoms with van der Waals surface area (Å²) in [6.07, 6.45) is -4.87. The van der Waals surface area contributed by atoms with Gasteiger partial charge in [0.25, 0.3) is 10.0 Å². The molecule has 0 fully saturated rings. The SMILES string of the molecule is COc1ccccc1Oc1ccc(Cl)cc1NC(=O)CN(c1ccc(Cl)c(C(F)(F)F)c1)S(=O)(=O)c1ccccc1. The number of sulfonamides is 1. The Bertz CT molecular complexity index is 1670. The van der Waals surface area contributed by atoms with E-state index >= 15 is 0 Å². The number of para-hydroxylation sites is 2. The van der Waals surface area contributed by atoms with E-state index in [1.165, 1.54) is 49.6 Å². The average molecular weight is 625 g/mol. The van der Waals surface area contributed by atoms with Gasteiger partial charge in [0.2, 0.25) is 5.91 Å². The second-order valence-corrected chi connectivity index (χ2v) is 11.1. The largest absolute Gasteiger partial charge is 0.493 e. The fourth-order valence-electron chi connectivity index (χ4n) is 3.75. The fourth-order valence-corrected chi connectivity index (χ4v) is 5.58. The molecular weight excluding hydrogens is 604 g/mol. The second-order valence-electron chi connectivity index (χ2n) is 8.43. The number of carbonyl (C=O) groups excluding carboxylic acids is 1. The number of methoxy groups -OCH3 is 1. The molecule has 0 saturated heterocycles. The zero-order valence-electron chi connectivity index (χ0n) is 21.2. The van der Waals surface area contributed by atoms with Crippen LogP contribution >= 0.6 is 23.2 Å². The number of benzene rings is 4. The molecule has 0 bridgehead atoms. The zero-order valence-corrected chi connectivity index (χ0v) is 23.5. The van der Waals surface area contributed by atoms with Crippen molar-refractivity contribution in [2.75, 3.05) is 23.3 Å². The molecule has 0 atom stereocenters. The Morgan fingerprint density at radius 3 is 2.20 bits per heavy atom. The van der Waals surface area contributed by atoms with E-state index in [2.05, 4.69) is 5.32 Å². The van der Waals surface area contributed by atoms with Crippen molar-refractivity contribution in [1.29, 1.82) is 0 Å². The van der Waals surface area contributed by atoms with Gasteiger partial charge >= 0.3 is 6.18 Å². The van der Waals surface area contributed by atoms with Crippen LogP contribution in [0.3, 0.4) is 0 Å². The van der Waals surface area contributed by atoms with Gasteiger partial charge in [0.05, 0.1) is 34.0 Å². The Morgan fingerprint density at radius 2 is 1.54 bits per heavy atom. The molecule has 13 heteroatoms. The predicted octanol–water partition coefficient (Wildman–Crippen LogP) is 7.65. The van der Waals surface area contributed by atoms with Crippen LogP contribution in [-0.4, -0.2) is 28.0 Å². The van der Waals surface area contributed by atoms with Crippen LogP contribution in [0.4, 0.5) is 24.5 Å². The van der Waals surface area contributed by atoms with E-state index in [1.807, 2.05) is 0 Å². The number of halogens is 5. The van der Waals surface area contributed by atoms with Crippen molar-refractivity contribution in [2.24, 2.45) is 0 Å². The summed E-state index contributed by atoms with van der Waals surface area (Å²) in [6, 6.07) is 20.7. The molecule has 0 unspecified atom stereocenters. The van der Waals surface area contributed by atoms with Crippen molar-refractivity contribution in [3.05, 3.63) is 107 Å². The highest BCUT2D eigenvalue weighted by Gasteiger charge is 2.35. The van der Waals surface area contributed by atoms with E-state index in [9.17, 15) is 26.4 Å². The van der Waals surface area contributed by atoms with Crippen molar-refractivity contribution >= 4 is 50.5 Å². The minimum atomic E-state index is -4.87. The maximum Gasteiger partial charge on any atom is 0.417 e. The van der Waals surface area contributed by atoms with Gasteiger partial charge in [0, 0.05) is 5.02 Å². The zero-order chi connectivity index (χ0) is 29.8. The summed E-state index contributed by atoms with van der Waals surface area (Å²) in [5, 5.41) is 2.15. The smallest absolute Gasteiger partial charge is 0.417 e. The lowest BCUT2D eigenvalue weighted by Crippen LogP contribution is -2.38. The molecule has 214 valence electrons. The first kappa shape index (κ1) is 30.0. The molecule has 0 saturated carbocycles. The third-order valence-electron chi connectivity index (χ3n) is 5.67. The van der Waals surface area contributed by atoms with Crippen LogP contribution in [0.1, 0.15) is 5.56 Å². The van der Waals surface area contributed by atoms with Gasteiger partial charge in [0.1, 0.15) is 6.54 Å². The van der Waals surface area contributed by atoms with Crippen LogP contribution in [0, 0.1) is 0 Å². The highest BCUT2D eigenvalue weighted by molar-refractivity contribution is 7.92. The van der Waals surface area contributed by atoms with Crippen LogP contribution in [0.15, 0.2) is 95.9 Å². The lowest BCUT2D eigenvalue weighted by Gasteiger charge is -2.25. The average Bonchev–Trinajstić information content (AvgIpc) is 2.93. The minimum Gasteiger partial charge on any atom is -0.493 e. The number of anilines is 2. The van der Waals surface area contributed by atoms with Crippen LogP contribution in [-0.2, 0) is 21.0 Å². The number of hydrogen-bond acceptors (Lipinski definition) is 5. The molecule has 0 aliphatic carbocycles. The molecule has 4 rings (SSSR count). The van der Waals surface area contributed by atoms with Gasteiger partial charge < -0.3 is 14.8 Å². The molecule has 7 nitrogen and oxygen atoms in total. The number of amides is 1. The van der Waals surface area contributed by atoms with Gasteiger partial charge in [-0.05, 0) is 60.7 Å². The monoisotopic (exact) mass is 624 g/mol. The van der Waals surface area contributed by atoms with Gasteiger partial charge in [-0.1, -0.05) is 53.5 Å². The van der Waals surface area contributed by atoms with Gasteiger partial charge in [-0.25, -0.2) is 8.42 Å². The van der Waals surface area contributed by atoms with Crippen LogP contribution in [0.2, 0.25) is 10.0 Å². The summed E-state index contributed by atoms with van der Waals surface area (Å²) in [5.74, 6) is -0.0132. The lowest BCUT2D eigenvalue weighted by molar-refractivity contribution is -0.137. The molecule has 4 aromatic rings. The summed E-state index contributed by atoms with van der Waals surface area (Å²) in [6.45, 7) is -0.892. The van der Waals surface area contributed by atoms with Crippen molar-refractivity contribution < 1.29 is 35.9 Å². The van der Waals surface area contributed by atoms with Gasteiger partial charge in [-0.15, -0.1) is 0 Å². The van der Waals surface area contributed by atoms with Crippen LogP contribution < -0.4 is 19.1 Å². The molecule has 0 heterocycles. The maximum atomic E-state index is 13.6. The highest BCUT2D eigenvalue weighted by atomic mass is 35.5. The Hall–Kier alpha value is -3.93. The van der Waals surface area contributed by atoms with Crippen LogP contribution in [0.5, 0.6) is 17.2 Å². The van der Waals surface area contributed by atoms with Gasteiger partial charge in [0.15, 0.2) is 17.2 Å². The van der Waals surface area contributed by atoms with E-state index < -0.39 is 44.9 Å². The Balaban J connectivity index is 1.71. The van der Waals surface area contributed by atoms with Crippen molar-refractivity contribution in [1.82, 2.24) is 0 Å². The predicted molar refractivity (Wildman–Crippen MR) is 151 cm³/mol.